The normalized spacial score (nSPS) is 9.71. The van der Waals surface area contributed by atoms with E-state index in [2.05, 4.69) is 5.16 Å². The second kappa shape index (κ2) is 11.1. The van der Waals surface area contributed by atoms with Crippen molar-refractivity contribution in [3.05, 3.63) is 29.8 Å². The van der Waals surface area contributed by atoms with Crippen LogP contribution in [-0.2, 0) is 0 Å². The molecule has 0 aliphatic carbocycles. The fraction of sp³-hybridized carbons (Fsp3) is 0.417. The third-order valence-corrected chi connectivity index (χ3v) is 1.73. The Morgan fingerprint density at radius 2 is 1.94 bits per heavy atom. The largest absolute Gasteiger partial charge is 0.493 e. The number of para-hydroxylation sites is 1. The molecule has 0 saturated carbocycles. The average Bonchev–Trinajstić information content (AvgIpc) is 2.38. The van der Waals surface area contributed by atoms with Crippen molar-refractivity contribution in [2.24, 2.45) is 10.9 Å². The van der Waals surface area contributed by atoms with Gasteiger partial charge in [0.15, 0.2) is 5.84 Å². The summed E-state index contributed by atoms with van der Waals surface area (Å²) >= 11 is 0. The van der Waals surface area contributed by atoms with Crippen LogP contribution in [0, 0.1) is 0 Å². The minimum absolute atomic E-state index is 0. The molecule has 1 aromatic rings. The molecular weight excluding hydrogens is 240 g/mol. The van der Waals surface area contributed by atoms with Gasteiger partial charge in [0, 0.05) is 0 Å². The number of oxime groups is 1. The molecule has 0 atom stereocenters. The second-order valence-corrected chi connectivity index (χ2v) is 2.83. The maximum Gasteiger partial charge on any atom is 0.173 e. The summed E-state index contributed by atoms with van der Waals surface area (Å²) in [7, 11) is 0. The molecule has 0 bridgehead atoms. The summed E-state index contributed by atoms with van der Waals surface area (Å²) in [4.78, 5) is 0. The van der Waals surface area contributed by atoms with Crippen molar-refractivity contribution in [2.45, 2.75) is 27.2 Å². The van der Waals surface area contributed by atoms with Crippen LogP contribution in [-0.4, -0.2) is 17.6 Å². The Hall–Kier alpha value is -1.42. The van der Waals surface area contributed by atoms with Crippen molar-refractivity contribution in [3.8, 4) is 5.75 Å². The van der Waals surface area contributed by atoms with Crippen molar-refractivity contribution in [3.63, 3.8) is 0 Å². The number of ether oxygens (including phenoxy) is 1. The molecule has 0 aliphatic heterocycles. The van der Waals surface area contributed by atoms with Crippen LogP contribution in [0.4, 0.5) is 0 Å². The lowest BCUT2D eigenvalue weighted by Crippen LogP contribution is -2.14. The van der Waals surface area contributed by atoms with Crippen LogP contribution in [0.3, 0.4) is 0 Å². The fourth-order valence-electron chi connectivity index (χ4n) is 1.07. The quantitative estimate of drug-likeness (QED) is 0.378. The Labute approximate surface area is 109 Å². The Morgan fingerprint density at radius 1 is 1.35 bits per heavy atom. The van der Waals surface area contributed by atoms with Crippen LogP contribution in [0.25, 0.3) is 0 Å². The van der Waals surface area contributed by atoms with E-state index in [0.29, 0.717) is 17.9 Å². The molecule has 4 nitrogen and oxygen atoms in total. The van der Waals surface area contributed by atoms with E-state index in [1.54, 1.807) is 12.1 Å². The standard InChI is InChI=1S/C10H14N2O2.C2H6.ClH/c1-2-7-14-9-6-4-3-5-8(9)10(11)12-13;1-2;/h3-6,13H,2,7H2,1H3,(H2,11,12);1-2H3;1H. The molecule has 0 spiro atoms. The van der Waals surface area contributed by atoms with Gasteiger partial charge in [-0.3, -0.25) is 0 Å². The number of benzene rings is 1. The molecule has 5 heteroatoms. The minimum Gasteiger partial charge on any atom is -0.493 e. The van der Waals surface area contributed by atoms with Gasteiger partial charge >= 0.3 is 0 Å². The highest BCUT2D eigenvalue weighted by Gasteiger charge is 2.06. The predicted molar refractivity (Wildman–Crippen MR) is 73.3 cm³/mol. The molecule has 1 rings (SSSR count). The lowest BCUT2D eigenvalue weighted by molar-refractivity contribution is 0.311. The molecule has 1 aromatic carbocycles. The van der Waals surface area contributed by atoms with Gasteiger partial charge < -0.3 is 15.7 Å². The smallest absolute Gasteiger partial charge is 0.173 e. The van der Waals surface area contributed by atoms with Gasteiger partial charge in [0.2, 0.25) is 0 Å². The zero-order chi connectivity index (χ0) is 12.4. The minimum atomic E-state index is 0. The van der Waals surface area contributed by atoms with Gasteiger partial charge in [-0.1, -0.05) is 38.1 Å². The summed E-state index contributed by atoms with van der Waals surface area (Å²) in [5, 5.41) is 11.5. The maximum atomic E-state index is 8.55. The molecular formula is C12H21ClN2O2. The van der Waals surface area contributed by atoms with Gasteiger partial charge in [-0.05, 0) is 18.6 Å². The van der Waals surface area contributed by atoms with Gasteiger partial charge in [-0.25, -0.2) is 0 Å². The molecule has 98 valence electrons. The van der Waals surface area contributed by atoms with Crippen molar-refractivity contribution in [2.75, 3.05) is 6.61 Å². The van der Waals surface area contributed by atoms with Gasteiger partial charge in [0.05, 0.1) is 12.2 Å². The predicted octanol–water partition coefficient (Wildman–Crippen LogP) is 3.02. The lowest BCUT2D eigenvalue weighted by atomic mass is 10.2. The number of nitrogens with zero attached hydrogens (tertiary/aromatic N) is 1. The van der Waals surface area contributed by atoms with E-state index in [1.165, 1.54) is 0 Å². The van der Waals surface area contributed by atoms with E-state index in [4.69, 9.17) is 15.7 Å². The van der Waals surface area contributed by atoms with Gasteiger partial charge in [-0.15, -0.1) is 12.4 Å². The Balaban J connectivity index is 0. The van der Waals surface area contributed by atoms with E-state index >= 15 is 0 Å². The number of rotatable bonds is 4. The molecule has 17 heavy (non-hydrogen) atoms. The molecule has 0 amide bonds. The van der Waals surface area contributed by atoms with Crippen LogP contribution >= 0.6 is 12.4 Å². The zero-order valence-electron chi connectivity index (χ0n) is 10.5. The summed E-state index contributed by atoms with van der Waals surface area (Å²) in [6.45, 7) is 6.64. The maximum absolute atomic E-state index is 8.55. The number of halogens is 1. The highest BCUT2D eigenvalue weighted by atomic mass is 35.5. The highest BCUT2D eigenvalue weighted by molar-refractivity contribution is 5.99. The summed E-state index contributed by atoms with van der Waals surface area (Å²) < 4.78 is 5.44. The lowest BCUT2D eigenvalue weighted by Gasteiger charge is -2.08. The first kappa shape index (κ1) is 18.0. The van der Waals surface area contributed by atoms with E-state index in [1.807, 2.05) is 32.9 Å². The number of hydrogen-bond donors (Lipinski definition) is 2. The number of nitrogens with two attached hydrogens (primary N) is 1. The van der Waals surface area contributed by atoms with E-state index in [9.17, 15) is 0 Å². The third-order valence-electron chi connectivity index (χ3n) is 1.73. The molecule has 0 unspecified atom stereocenters. The first-order valence-electron chi connectivity index (χ1n) is 5.49. The summed E-state index contributed by atoms with van der Waals surface area (Å²) in [6, 6.07) is 7.20. The van der Waals surface area contributed by atoms with E-state index in [-0.39, 0.29) is 18.2 Å². The molecule has 0 fully saturated rings. The third kappa shape index (κ3) is 6.02. The summed E-state index contributed by atoms with van der Waals surface area (Å²) in [6.07, 6.45) is 0.921. The monoisotopic (exact) mass is 260 g/mol. The Bertz CT molecular complexity index is 330. The molecule has 0 heterocycles. The van der Waals surface area contributed by atoms with Gasteiger partial charge in [0.1, 0.15) is 5.75 Å². The Kier molecular flexibility index (Phi) is 11.7. The van der Waals surface area contributed by atoms with Crippen LogP contribution in [0.5, 0.6) is 5.75 Å². The zero-order valence-corrected chi connectivity index (χ0v) is 11.3. The first-order valence-corrected chi connectivity index (χ1v) is 5.49. The second-order valence-electron chi connectivity index (χ2n) is 2.83. The molecule has 0 aliphatic rings. The highest BCUT2D eigenvalue weighted by Crippen LogP contribution is 2.17. The molecule has 0 radical (unpaired) electrons. The van der Waals surface area contributed by atoms with Crippen LogP contribution in [0.1, 0.15) is 32.8 Å². The molecule has 0 saturated heterocycles. The van der Waals surface area contributed by atoms with Crippen molar-refractivity contribution >= 4 is 18.2 Å². The topological polar surface area (TPSA) is 67.8 Å². The number of amidine groups is 1. The number of hydrogen-bond acceptors (Lipinski definition) is 3. The average molecular weight is 261 g/mol. The van der Waals surface area contributed by atoms with Crippen molar-refractivity contribution in [1.29, 1.82) is 0 Å². The van der Waals surface area contributed by atoms with E-state index < -0.39 is 0 Å². The van der Waals surface area contributed by atoms with Crippen LogP contribution < -0.4 is 10.5 Å². The van der Waals surface area contributed by atoms with Gasteiger partial charge in [0.25, 0.3) is 0 Å². The van der Waals surface area contributed by atoms with Crippen LogP contribution in [0.2, 0.25) is 0 Å². The SMILES string of the molecule is CC.CCCOc1ccccc1/C(N)=N\O.Cl. The van der Waals surface area contributed by atoms with Gasteiger partial charge in [-0.2, -0.15) is 0 Å². The van der Waals surface area contributed by atoms with E-state index in [0.717, 1.165) is 6.42 Å². The summed E-state index contributed by atoms with van der Waals surface area (Å²) in [5.74, 6) is 0.710. The summed E-state index contributed by atoms with van der Waals surface area (Å²) in [5.41, 5.74) is 6.10. The van der Waals surface area contributed by atoms with Crippen molar-refractivity contribution in [1.82, 2.24) is 0 Å². The molecule has 0 aromatic heterocycles. The molecule has 3 N–H and O–H groups in total. The Morgan fingerprint density at radius 3 is 2.47 bits per heavy atom. The first-order chi connectivity index (χ1) is 7.79. The van der Waals surface area contributed by atoms with Crippen molar-refractivity contribution < 1.29 is 9.94 Å². The fourth-order valence-corrected chi connectivity index (χ4v) is 1.07. The van der Waals surface area contributed by atoms with Crippen LogP contribution in [0.15, 0.2) is 29.4 Å².